The predicted octanol–water partition coefficient (Wildman–Crippen LogP) is 2.64. The van der Waals surface area contributed by atoms with E-state index in [-0.39, 0.29) is 18.6 Å². The normalized spacial score (nSPS) is 26.3. The predicted molar refractivity (Wildman–Crippen MR) is 105 cm³/mol. The lowest BCUT2D eigenvalue weighted by Gasteiger charge is -2.25. The highest BCUT2D eigenvalue weighted by Crippen LogP contribution is 2.54. The Labute approximate surface area is 168 Å². The van der Waals surface area contributed by atoms with Gasteiger partial charge in [-0.25, -0.2) is 0 Å². The van der Waals surface area contributed by atoms with Crippen LogP contribution in [0.5, 0.6) is 11.5 Å². The lowest BCUT2D eigenvalue weighted by atomic mass is 9.75. The largest absolute Gasteiger partial charge is 0.493 e. The molecule has 6 rings (SSSR count). The Hall–Kier alpha value is -2.86. The van der Waals surface area contributed by atoms with Crippen LogP contribution in [-0.4, -0.2) is 44.7 Å². The Bertz CT molecular complexity index is 1040. The summed E-state index contributed by atoms with van der Waals surface area (Å²) < 4.78 is 17.5. The van der Waals surface area contributed by atoms with E-state index < -0.39 is 5.41 Å². The van der Waals surface area contributed by atoms with E-state index in [1.54, 1.807) is 11.0 Å². The number of anilines is 1. The number of hydrogen-bond acceptors (Lipinski definition) is 5. The molecule has 1 fully saturated rings. The molecule has 0 radical (unpaired) electrons. The van der Waals surface area contributed by atoms with Crippen molar-refractivity contribution in [3.05, 3.63) is 52.6 Å². The second kappa shape index (κ2) is 6.07. The van der Waals surface area contributed by atoms with Crippen molar-refractivity contribution in [2.75, 3.05) is 31.3 Å². The van der Waals surface area contributed by atoms with E-state index in [4.69, 9.17) is 14.2 Å². The van der Waals surface area contributed by atoms with Crippen molar-refractivity contribution in [2.45, 2.75) is 30.8 Å². The average Bonchev–Trinajstić information content (AvgIpc) is 3.51. The van der Waals surface area contributed by atoms with Crippen LogP contribution in [0, 0.1) is 0 Å². The Balaban J connectivity index is 1.55. The van der Waals surface area contributed by atoms with Crippen LogP contribution >= 0.6 is 0 Å². The molecule has 0 aliphatic carbocycles. The van der Waals surface area contributed by atoms with Gasteiger partial charge >= 0.3 is 0 Å². The van der Waals surface area contributed by atoms with Crippen LogP contribution in [0.25, 0.3) is 0 Å². The molecule has 29 heavy (non-hydrogen) atoms. The molecule has 4 aliphatic heterocycles. The molecule has 2 aromatic carbocycles. The summed E-state index contributed by atoms with van der Waals surface area (Å²) >= 11 is 0. The molecule has 1 spiro atoms. The minimum atomic E-state index is -0.988. The highest BCUT2D eigenvalue weighted by Gasteiger charge is 2.58. The van der Waals surface area contributed by atoms with Crippen LogP contribution in [-0.2, 0) is 21.4 Å². The lowest BCUT2D eigenvalue weighted by Crippen LogP contribution is -2.45. The fourth-order valence-electron chi connectivity index (χ4n) is 5.27. The van der Waals surface area contributed by atoms with E-state index >= 15 is 0 Å². The van der Waals surface area contributed by atoms with Gasteiger partial charge in [-0.15, -0.1) is 0 Å². The topological polar surface area (TPSA) is 65.1 Å². The van der Waals surface area contributed by atoms with Gasteiger partial charge in [-0.05, 0) is 30.5 Å². The van der Waals surface area contributed by atoms with Crippen LogP contribution in [0.15, 0.2) is 30.3 Å². The number of carbonyl (C=O) groups is 2. The summed E-state index contributed by atoms with van der Waals surface area (Å²) in [5.41, 5.74) is 3.04. The minimum absolute atomic E-state index is 0.0250. The molecular weight excluding hydrogens is 370 g/mol. The van der Waals surface area contributed by atoms with Gasteiger partial charge in [-0.2, -0.15) is 0 Å². The molecule has 2 unspecified atom stereocenters. The van der Waals surface area contributed by atoms with Crippen molar-refractivity contribution in [1.29, 1.82) is 0 Å². The molecule has 148 valence electrons. The SMILES string of the molecule is O=Cc1cccc2c1C1(COc3cc4c(cc31)CCO4)C(=O)N2CC1CCCO1. The molecule has 6 heteroatoms. The summed E-state index contributed by atoms with van der Waals surface area (Å²) in [6.07, 6.45) is 3.64. The molecule has 0 N–H and O–H groups in total. The fraction of sp³-hybridized carbons (Fsp3) is 0.391. The van der Waals surface area contributed by atoms with Gasteiger partial charge in [0.25, 0.3) is 0 Å². The van der Waals surface area contributed by atoms with Crippen LogP contribution in [0.2, 0.25) is 0 Å². The lowest BCUT2D eigenvalue weighted by molar-refractivity contribution is -0.122. The summed E-state index contributed by atoms with van der Waals surface area (Å²) in [5.74, 6) is 1.46. The highest BCUT2D eigenvalue weighted by molar-refractivity contribution is 6.13. The van der Waals surface area contributed by atoms with Gasteiger partial charge < -0.3 is 19.1 Å². The van der Waals surface area contributed by atoms with E-state index in [2.05, 4.69) is 0 Å². The molecule has 4 heterocycles. The van der Waals surface area contributed by atoms with E-state index in [9.17, 15) is 9.59 Å². The molecular formula is C23H21NO5. The summed E-state index contributed by atoms with van der Waals surface area (Å²) in [4.78, 5) is 27.7. The summed E-state index contributed by atoms with van der Waals surface area (Å²) in [7, 11) is 0. The van der Waals surface area contributed by atoms with Gasteiger partial charge in [0.15, 0.2) is 0 Å². The van der Waals surface area contributed by atoms with Gasteiger partial charge in [-0.3, -0.25) is 9.59 Å². The quantitative estimate of drug-likeness (QED) is 0.753. The molecule has 0 bridgehead atoms. The first-order chi connectivity index (χ1) is 14.2. The van der Waals surface area contributed by atoms with Crippen molar-refractivity contribution in [1.82, 2.24) is 0 Å². The maximum atomic E-state index is 13.9. The molecule has 0 aromatic heterocycles. The third kappa shape index (κ3) is 2.20. The number of amides is 1. The average molecular weight is 391 g/mol. The first-order valence-electron chi connectivity index (χ1n) is 10.2. The van der Waals surface area contributed by atoms with E-state index in [1.807, 2.05) is 24.3 Å². The van der Waals surface area contributed by atoms with Gasteiger partial charge in [0.1, 0.15) is 29.8 Å². The highest BCUT2D eigenvalue weighted by atomic mass is 16.5. The summed E-state index contributed by atoms with van der Waals surface area (Å²) in [6, 6.07) is 9.49. The monoisotopic (exact) mass is 391 g/mol. The molecule has 2 atom stereocenters. The Kier molecular flexibility index (Phi) is 3.56. The molecule has 2 aromatic rings. The molecule has 1 saturated heterocycles. The summed E-state index contributed by atoms with van der Waals surface area (Å²) in [6.45, 7) is 2.07. The number of ether oxygens (including phenoxy) is 3. The van der Waals surface area contributed by atoms with Crippen molar-refractivity contribution in [3.63, 3.8) is 0 Å². The third-order valence-corrected chi connectivity index (χ3v) is 6.64. The standard InChI is InChI=1S/C23H21NO5/c25-12-15-3-1-5-18-21(15)23(22(26)24(18)11-16-4-2-7-27-16)13-29-20-10-19-14(6-8-28-19)9-17(20)23/h1,3,5,9-10,12,16H,2,4,6-8,11,13H2. The maximum absolute atomic E-state index is 13.9. The van der Waals surface area contributed by atoms with Gasteiger partial charge in [-0.1, -0.05) is 12.1 Å². The first kappa shape index (κ1) is 17.0. The van der Waals surface area contributed by atoms with E-state index in [1.165, 1.54) is 0 Å². The second-order valence-electron chi connectivity index (χ2n) is 8.16. The van der Waals surface area contributed by atoms with Crippen molar-refractivity contribution < 1.29 is 23.8 Å². The Morgan fingerprint density at radius 3 is 2.93 bits per heavy atom. The van der Waals surface area contributed by atoms with Crippen molar-refractivity contribution in [3.8, 4) is 11.5 Å². The molecule has 0 saturated carbocycles. The zero-order chi connectivity index (χ0) is 19.6. The zero-order valence-corrected chi connectivity index (χ0v) is 16.0. The maximum Gasteiger partial charge on any atom is 0.245 e. The van der Waals surface area contributed by atoms with Gasteiger partial charge in [0.05, 0.1) is 19.3 Å². The number of nitrogens with zero attached hydrogens (tertiary/aromatic N) is 1. The zero-order valence-electron chi connectivity index (χ0n) is 16.0. The molecule has 6 nitrogen and oxygen atoms in total. The minimum Gasteiger partial charge on any atom is -0.493 e. The number of benzene rings is 2. The number of hydrogen-bond donors (Lipinski definition) is 0. The third-order valence-electron chi connectivity index (χ3n) is 6.64. The number of fused-ring (bicyclic) bond motifs is 5. The van der Waals surface area contributed by atoms with E-state index in [0.29, 0.717) is 24.5 Å². The van der Waals surface area contributed by atoms with Gasteiger partial charge in [0, 0.05) is 41.5 Å². The van der Waals surface area contributed by atoms with Crippen molar-refractivity contribution in [2.24, 2.45) is 0 Å². The molecule has 1 amide bonds. The number of rotatable bonds is 3. The molecule has 4 aliphatic rings. The van der Waals surface area contributed by atoms with Crippen molar-refractivity contribution >= 4 is 17.9 Å². The second-order valence-corrected chi connectivity index (χ2v) is 8.16. The van der Waals surface area contributed by atoms with Crippen LogP contribution < -0.4 is 14.4 Å². The fourth-order valence-corrected chi connectivity index (χ4v) is 5.27. The van der Waals surface area contributed by atoms with Crippen LogP contribution in [0.4, 0.5) is 5.69 Å². The smallest absolute Gasteiger partial charge is 0.245 e. The van der Waals surface area contributed by atoms with E-state index in [0.717, 1.165) is 60.3 Å². The Morgan fingerprint density at radius 2 is 2.10 bits per heavy atom. The van der Waals surface area contributed by atoms with Crippen LogP contribution in [0.3, 0.4) is 0 Å². The Morgan fingerprint density at radius 1 is 1.17 bits per heavy atom. The van der Waals surface area contributed by atoms with Gasteiger partial charge in [0.2, 0.25) is 5.91 Å². The first-order valence-corrected chi connectivity index (χ1v) is 10.2. The summed E-state index contributed by atoms with van der Waals surface area (Å²) in [5, 5.41) is 0. The number of aldehydes is 1. The number of carbonyl (C=O) groups excluding carboxylic acids is 2. The van der Waals surface area contributed by atoms with Crippen LogP contribution in [0.1, 0.15) is 39.9 Å².